The molecule has 0 atom stereocenters. The molecule has 0 saturated heterocycles. The Kier molecular flexibility index (Phi) is 14.8. The maximum absolute atomic E-state index is 9.44. The van der Waals surface area contributed by atoms with Gasteiger partial charge in [-0.15, -0.1) is 0 Å². The first kappa shape index (κ1) is 14.3. The van der Waals surface area contributed by atoms with E-state index < -0.39 is 0 Å². The highest BCUT2D eigenvalue weighted by atomic mass is 16.5. The normalized spacial score (nSPS) is 7.46. The molecule has 13 heavy (non-hydrogen) atoms. The van der Waals surface area contributed by atoms with Crippen molar-refractivity contribution in [3.63, 3.8) is 0 Å². The van der Waals surface area contributed by atoms with Crippen molar-refractivity contribution in [3.05, 3.63) is 36.4 Å². The van der Waals surface area contributed by atoms with Crippen LogP contribution in [0.15, 0.2) is 36.4 Å². The highest BCUT2D eigenvalue weighted by Crippen LogP contribution is 1.79. The van der Waals surface area contributed by atoms with E-state index in [1.165, 1.54) is 0 Å². The van der Waals surface area contributed by atoms with E-state index in [0.29, 0.717) is 6.61 Å². The summed E-state index contributed by atoms with van der Waals surface area (Å²) in [5, 5.41) is 0. The molecule has 0 aliphatic heterocycles. The third kappa shape index (κ3) is 13.8. The summed E-state index contributed by atoms with van der Waals surface area (Å²) in [5.74, 6) is 0. The molecule has 1 aromatic carbocycles. The fourth-order valence-electron chi connectivity index (χ4n) is 0.551. The quantitative estimate of drug-likeness (QED) is 0.580. The summed E-state index contributed by atoms with van der Waals surface area (Å²) in [6.07, 6.45) is 0.740. The van der Waals surface area contributed by atoms with Crippen molar-refractivity contribution in [3.8, 4) is 0 Å². The minimum absolute atomic E-state index is 0. The van der Waals surface area contributed by atoms with Crippen LogP contribution >= 0.6 is 0 Å². The van der Waals surface area contributed by atoms with Gasteiger partial charge in [0, 0.05) is 8.03 Å². The molecule has 3 heteroatoms. The zero-order valence-corrected chi connectivity index (χ0v) is 7.98. The second-order valence-electron chi connectivity index (χ2n) is 1.98. The molecule has 0 aliphatic rings. The number of hydrogen-bond acceptors (Lipinski definition) is 3. The number of hydrogen-bond donors (Lipinski definition) is 1. The third-order valence-electron chi connectivity index (χ3n) is 1.06. The summed E-state index contributed by atoms with van der Waals surface area (Å²) in [7, 11) is 0. The molecule has 0 aliphatic carbocycles. The van der Waals surface area contributed by atoms with Crippen molar-refractivity contribution in [1.82, 2.24) is 6.15 Å². The fourth-order valence-corrected chi connectivity index (χ4v) is 0.551. The molecule has 1 rings (SSSR count). The van der Waals surface area contributed by atoms with Crippen molar-refractivity contribution < 1.29 is 11.0 Å². The molecule has 0 unspecified atom stereocenters. The van der Waals surface area contributed by atoms with Crippen molar-refractivity contribution >= 4 is 6.29 Å². The monoisotopic (exact) mass is 185 g/mol. The molecule has 0 aromatic heterocycles. The number of benzene rings is 1. The minimum atomic E-state index is 0. The van der Waals surface area contributed by atoms with Crippen LogP contribution in [0.3, 0.4) is 0 Å². The van der Waals surface area contributed by atoms with Crippen molar-refractivity contribution in [2.45, 2.75) is 6.92 Å². The van der Waals surface area contributed by atoms with Crippen LogP contribution in [0.4, 0.5) is 0 Å². The average Bonchev–Trinajstić information content (AvgIpc) is 2.18. The van der Waals surface area contributed by atoms with Gasteiger partial charge in [0.15, 0.2) is 0 Å². The smallest absolute Gasteiger partial charge is 0.145 e. The van der Waals surface area contributed by atoms with Crippen molar-refractivity contribution in [1.29, 1.82) is 0 Å². The molecule has 0 spiro atoms. The zero-order chi connectivity index (χ0) is 9.07. The zero-order valence-electron chi connectivity index (χ0n) is 7.98. The maximum atomic E-state index is 9.44. The van der Waals surface area contributed by atoms with E-state index in [2.05, 4.69) is 4.74 Å². The predicted octanol–water partition coefficient (Wildman–Crippen LogP) is 2.32. The lowest BCUT2D eigenvalue weighted by atomic mass is 10.4. The summed E-state index contributed by atoms with van der Waals surface area (Å²) in [6, 6.07) is 12.0. The van der Waals surface area contributed by atoms with E-state index in [4.69, 9.17) is 0 Å². The lowest BCUT2D eigenvalue weighted by Gasteiger charge is -1.85. The van der Waals surface area contributed by atoms with Gasteiger partial charge in [-0.25, -0.2) is 0 Å². The molecule has 3 N–H and O–H groups in total. The number of aldehydes is 1. The second-order valence-corrected chi connectivity index (χ2v) is 1.98. The molecular formula is C10H19NO2. The summed E-state index contributed by atoms with van der Waals surface area (Å²) >= 11 is 0. The van der Waals surface area contributed by atoms with Gasteiger partial charge in [0.25, 0.3) is 0 Å². The topological polar surface area (TPSA) is 61.3 Å². The minimum Gasteiger partial charge on any atom is -0.374 e. The maximum Gasteiger partial charge on any atom is 0.145 e. The molecule has 0 bridgehead atoms. The highest BCUT2D eigenvalue weighted by molar-refractivity contribution is 5.50. The van der Waals surface area contributed by atoms with Gasteiger partial charge < -0.3 is 15.7 Å². The molecule has 1 aromatic rings. The largest absolute Gasteiger partial charge is 0.374 e. The Morgan fingerprint density at radius 1 is 1.15 bits per heavy atom. The Labute approximate surface area is 80.8 Å². The van der Waals surface area contributed by atoms with E-state index in [1.807, 2.05) is 43.3 Å². The summed E-state index contributed by atoms with van der Waals surface area (Å²) < 4.78 is 4.61. The fraction of sp³-hybridized carbons (Fsp3) is 0.300. The summed E-state index contributed by atoms with van der Waals surface area (Å²) in [4.78, 5) is 9.44. The van der Waals surface area contributed by atoms with E-state index in [0.717, 1.165) is 6.29 Å². The lowest BCUT2D eigenvalue weighted by Crippen LogP contribution is -1.91. The highest BCUT2D eigenvalue weighted by Gasteiger charge is 1.71. The second kappa shape index (κ2) is 13.4. The van der Waals surface area contributed by atoms with Crippen LogP contribution in [0.1, 0.15) is 8.35 Å². The number of carbonyl (C=O) groups is 1. The molecule has 0 amide bonds. The van der Waals surface area contributed by atoms with Crippen LogP contribution in [-0.2, 0) is 9.53 Å². The number of rotatable bonds is 3. The SMILES string of the molecule is CCOCC=O.N.[HH].c1ccccc1. The Morgan fingerprint density at radius 2 is 1.54 bits per heavy atom. The average molecular weight is 185 g/mol. The molecule has 0 saturated carbocycles. The number of ether oxygens (including phenoxy) is 1. The van der Waals surface area contributed by atoms with E-state index in [9.17, 15) is 4.79 Å². The number of carbonyl (C=O) groups excluding carboxylic acids is 1. The van der Waals surface area contributed by atoms with Gasteiger partial charge in [-0.05, 0) is 6.92 Å². The molecule has 76 valence electrons. The Hall–Kier alpha value is -1.19. The van der Waals surface area contributed by atoms with Crippen LogP contribution in [0.25, 0.3) is 0 Å². The Bertz CT molecular complexity index is 156. The van der Waals surface area contributed by atoms with Gasteiger partial charge >= 0.3 is 0 Å². The first-order chi connectivity index (χ1) is 5.91. The Morgan fingerprint density at radius 3 is 1.69 bits per heavy atom. The standard InChI is InChI=1S/C6H6.C4H8O2.H3N.H2/c1-2-4-6-5-3-1;1-2-6-4-3-5;;/h1-6H;3H,2,4H2,1H3;1H3;1H. The van der Waals surface area contributed by atoms with Gasteiger partial charge in [0.05, 0.1) is 0 Å². The van der Waals surface area contributed by atoms with Gasteiger partial charge in [-0.3, -0.25) is 0 Å². The molecule has 0 heterocycles. The Balaban J connectivity index is -0.000000151. The molecule has 3 nitrogen and oxygen atoms in total. The molecule has 0 fully saturated rings. The first-order valence-electron chi connectivity index (χ1n) is 3.93. The molecular weight excluding hydrogens is 166 g/mol. The van der Waals surface area contributed by atoms with Crippen LogP contribution < -0.4 is 6.15 Å². The lowest BCUT2D eigenvalue weighted by molar-refractivity contribution is -0.111. The van der Waals surface area contributed by atoms with Gasteiger partial charge in [0.1, 0.15) is 12.9 Å². The van der Waals surface area contributed by atoms with Crippen LogP contribution in [0.5, 0.6) is 0 Å². The van der Waals surface area contributed by atoms with E-state index in [-0.39, 0.29) is 14.2 Å². The van der Waals surface area contributed by atoms with Gasteiger partial charge in [0.2, 0.25) is 0 Å². The van der Waals surface area contributed by atoms with Crippen LogP contribution in [0.2, 0.25) is 0 Å². The molecule has 0 radical (unpaired) electrons. The first-order valence-corrected chi connectivity index (χ1v) is 3.93. The summed E-state index contributed by atoms with van der Waals surface area (Å²) in [6.45, 7) is 2.71. The summed E-state index contributed by atoms with van der Waals surface area (Å²) in [5.41, 5.74) is 0. The van der Waals surface area contributed by atoms with Crippen LogP contribution in [0, 0.1) is 0 Å². The van der Waals surface area contributed by atoms with E-state index >= 15 is 0 Å². The van der Waals surface area contributed by atoms with Crippen LogP contribution in [-0.4, -0.2) is 19.5 Å². The van der Waals surface area contributed by atoms with E-state index in [1.54, 1.807) is 0 Å². The van der Waals surface area contributed by atoms with Gasteiger partial charge in [-0.2, -0.15) is 0 Å². The third-order valence-corrected chi connectivity index (χ3v) is 1.06. The predicted molar refractivity (Wildman–Crippen MR) is 56.1 cm³/mol. The van der Waals surface area contributed by atoms with Crippen molar-refractivity contribution in [2.24, 2.45) is 0 Å². The van der Waals surface area contributed by atoms with Gasteiger partial charge in [-0.1, -0.05) is 36.4 Å². The van der Waals surface area contributed by atoms with Crippen molar-refractivity contribution in [2.75, 3.05) is 13.2 Å².